The molecule has 2 aliphatic rings. The summed E-state index contributed by atoms with van der Waals surface area (Å²) >= 11 is 0. The molecule has 2 atom stereocenters. The van der Waals surface area contributed by atoms with E-state index in [1.54, 1.807) is 4.90 Å². The molecule has 0 aromatic heterocycles. The topological polar surface area (TPSA) is 76.2 Å². The number of piperidine rings is 1. The van der Waals surface area contributed by atoms with Crippen molar-refractivity contribution in [3.8, 4) is 0 Å². The molecule has 0 spiro atoms. The largest absolute Gasteiger partial charge is 0.447 e. The Morgan fingerprint density at radius 1 is 1.15 bits per heavy atom. The molecule has 7 nitrogen and oxygen atoms in total. The van der Waals surface area contributed by atoms with Gasteiger partial charge in [0.1, 0.15) is 12.2 Å². The number of hydrogen-bond acceptors (Lipinski definition) is 5. The number of amides is 3. The van der Waals surface area contributed by atoms with Gasteiger partial charge >= 0.3 is 12.2 Å². The van der Waals surface area contributed by atoms with Gasteiger partial charge in [0.05, 0.1) is 6.04 Å². The highest BCUT2D eigenvalue weighted by molar-refractivity contribution is 5.94. The van der Waals surface area contributed by atoms with Crippen molar-refractivity contribution < 1.29 is 23.9 Å². The molecule has 33 heavy (non-hydrogen) atoms. The van der Waals surface area contributed by atoms with E-state index in [0.29, 0.717) is 25.4 Å². The minimum absolute atomic E-state index is 0.116. The Morgan fingerprint density at radius 2 is 1.82 bits per heavy atom. The molecular formula is C26H38N2O5. The quantitative estimate of drug-likeness (QED) is 0.573. The first-order valence-electron chi connectivity index (χ1n) is 12.2. The second-order valence-corrected chi connectivity index (χ2v) is 10.3. The lowest BCUT2D eigenvalue weighted by atomic mass is 9.84. The second-order valence-electron chi connectivity index (χ2n) is 10.3. The van der Waals surface area contributed by atoms with E-state index in [-0.39, 0.29) is 30.6 Å². The third-order valence-corrected chi connectivity index (χ3v) is 6.38. The lowest BCUT2D eigenvalue weighted by Gasteiger charge is -2.35. The second kappa shape index (κ2) is 11.0. The van der Waals surface area contributed by atoms with Crippen LogP contribution in [0.5, 0.6) is 0 Å². The van der Waals surface area contributed by atoms with E-state index in [4.69, 9.17) is 9.47 Å². The highest BCUT2D eigenvalue weighted by atomic mass is 16.6. The van der Waals surface area contributed by atoms with E-state index >= 15 is 0 Å². The molecule has 0 N–H and O–H groups in total. The zero-order valence-corrected chi connectivity index (χ0v) is 20.4. The van der Waals surface area contributed by atoms with Crippen molar-refractivity contribution >= 4 is 18.1 Å². The summed E-state index contributed by atoms with van der Waals surface area (Å²) < 4.78 is 10.8. The summed E-state index contributed by atoms with van der Waals surface area (Å²) in [6.45, 7) is 9.18. The molecule has 3 amide bonds. The summed E-state index contributed by atoms with van der Waals surface area (Å²) in [5.41, 5.74) is 0.577. The van der Waals surface area contributed by atoms with Crippen LogP contribution in [0.25, 0.3) is 0 Å². The highest BCUT2D eigenvalue weighted by Gasteiger charge is 2.41. The van der Waals surface area contributed by atoms with Crippen LogP contribution in [0, 0.1) is 11.8 Å². The number of carbonyl (C=O) groups excluding carboxylic acids is 3. The van der Waals surface area contributed by atoms with Gasteiger partial charge in [-0.15, -0.1) is 0 Å². The predicted molar refractivity (Wildman–Crippen MR) is 126 cm³/mol. The summed E-state index contributed by atoms with van der Waals surface area (Å²) in [4.78, 5) is 41.4. The minimum Gasteiger partial charge on any atom is -0.447 e. The number of hydrogen-bond donors (Lipinski definition) is 0. The first-order valence-corrected chi connectivity index (χ1v) is 12.2. The molecule has 2 heterocycles. The fraction of sp³-hybridized carbons (Fsp3) is 0.654. The summed E-state index contributed by atoms with van der Waals surface area (Å²) in [6, 6.07) is 9.63. The molecule has 1 aromatic rings. The molecule has 0 saturated carbocycles. The van der Waals surface area contributed by atoms with Crippen LogP contribution in [0.2, 0.25) is 0 Å². The zero-order valence-electron chi connectivity index (χ0n) is 20.4. The first-order chi connectivity index (χ1) is 15.7. The Labute approximate surface area is 197 Å². The van der Waals surface area contributed by atoms with Gasteiger partial charge < -0.3 is 14.4 Å². The Hall–Kier alpha value is -2.57. The van der Waals surface area contributed by atoms with E-state index in [9.17, 15) is 14.4 Å². The van der Waals surface area contributed by atoms with Gasteiger partial charge in [0.2, 0.25) is 5.91 Å². The molecular weight excluding hydrogens is 420 g/mol. The normalized spacial score (nSPS) is 20.5. The molecule has 182 valence electrons. The molecule has 0 bridgehead atoms. The van der Waals surface area contributed by atoms with E-state index in [1.807, 2.05) is 51.1 Å². The highest BCUT2D eigenvalue weighted by Crippen LogP contribution is 2.30. The number of ether oxygens (including phenoxy) is 2. The van der Waals surface area contributed by atoms with E-state index in [1.165, 1.54) is 4.90 Å². The maximum Gasteiger partial charge on any atom is 0.416 e. The molecule has 0 aliphatic carbocycles. The number of imide groups is 1. The smallest absolute Gasteiger partial charge is 0.416 e. The zero-order chi connectivity index (χ0) is 24.0. The van der Waals surface area contributed by atoms with Crippen LogP contribution in [0.15, 0.2) is 30.3 Å². The molecule has 2 fully saturated rings. The van der Waals surface area contributed by atoms with Crippen molar-refractivity contribution in [3.05, 3.63) is 35.9 Å². The lowest BCUT2D eigenvalue weighted by Crippen LogP contribution is -2.45. The van der Waals surface area contributed by atoms with Gasteiger partial charge in [-0.05, 0) is 64.4 Å². The van der Waals surface area contributed by atoms with E-state index in [0.717, 1.165) is 37.7 Å². The minimum atomic E-state index is -0.526. The first kappa shape index (κ1) is 25.1. The molecule has 1 unspecified atom stereocenters. The van der Waals surface area contributed by atoms with Crippen LogP contribution >= 0.6 is 0 Å². The van der Waals surface area contributed by atoms with E-state index in [2.05, 4.69) is 6.92 Å². The SMILES string of the molecule is CCCC(CC1CCN(C(=O)OC(C)(C)C)CC1)C(=O)N1C(=O)OC[C@H]1Cc1ccccc1. The van der Waals surface area contributed by atoms with Crippen molar-refractivity contribution in [1.29, 1.82) is 0 Å². The van der Waals surface area contributed by atoms with E-state index < -0.39 is 11.7 Å². The molecule has 2 saturated heterocycles. The number of rotatable bonds is 7. The summed E-state index contributed by atoms with van der Waals surface area (Å²) in [7, 11) is 0. The number of likely N-dealkylation sites (tertiary alicyclic amines) is 1. The average Bonchev–Trinajstić information content (AvgIpc) is 3.12. The van der Waals surface area contributed by atoms with Gasteiger partial charge in [0.15, 0.2) is 0 Å². The Balaban J connectivity index is 1.59. The van der Waals surface area contributed by atoms with Crippen molar-refractivity contribution in [2.24, 2.45) is 11.8 Å². The number of carbonyl (C=O) groups is 3. The van der Waals surface area contributed by atoms with Gasteiger partial charge in [0.25, 0.3) is 0 Å². The Bertz CT molecular complexity index is 812. The molecule has 0 radical (unpaired) electrons. The summed E-state index contributed by atoms with van der Waals surface area (Å²) in [5.74, 6) is 0.0160. The Kier molecular flexibility index (Phi) is 8.38. The molecule has 3 rings (SSSR count). The number of benzene rings is 1. The monoisotopic (exact) mass is 458 g/mol. The molecule has 2 aliphatic heterocycles. The third kappa shape index (κ3) is 6.95. The maximum atomic E-state index is 13.5. The van der Waals surface area contributed by atoms with Crippen LogP contribution < -0.4 is 0 Å². The van der Waals surface area contributed by atoms with Crippen LogP contribution in [-0.4, -0.2) is 59.2 Å². The standard InChI is InChI=1S/C26H38N2O5/c1-5-9-21(16-20-12-14-27(15-13-20)24(30)33-26(2,3)4)23(29)28-22(18-32-25(28)31)17-19-10-7-6-8-11-19/h6-8,10-11,20-22H,5,9,12-18H2,1-4H3/t21?,22-/m1/s1. The summed E-state index contributed by atoms with van der Waals surface area (Å²) in [6.07, 6.45) is 3.83. The molecule has 1 aromatic carbocycles. The van der Waals surface area contributed by atoms with Crippen LogP contribution in [0.3, 0.4) is 0 Å². The average molecular weight is 459 g/mol. The van der Waals surface area contributed by atoms with Gasteiger partial charge in [-0.3, -0.25) is 4.79 Å². The predicted octanol–water partition coefficient (Wildman–Crippen LogP) is 5.03. The van der Waals surface area contributed by atoms with Crippen molar-refractivity contribution in [2.75, 3.05) is 19.7 Å². The van der Waals surface area contributed by atoms with Gasteiger partial charge in [0, 0.05) is 19.0 Å². The lowest BCUT2D eigenvalue weighted by molar-refractivity contribution is -0.134. The summed E-state index contributed by atoms with van der Waals surface area (Å²) in [5, 5.41) is 0. The van der Waals surface area contributed by atoms with Crippen molar-refractivity contribution in [2.45, 2.75) is 77.9 Å². The van der Waals surface area contributed by atoms with Crippen LogP contribution in [0.4, 0.5) is 9.59 Å². The number of nitrogens with zero attached hydrogens (tertiary/aromatic N) is 2. The number of cyclic esters (lactones) is 1. The van der Waals surface area contributed by atoms with Crippen LogP contribution in [0.1, 0.15) is 65.4 Å². The Morgan fingerprint density at radius 3 is 2.42 bits per heavy atom. The fourth-order valence-electron chi connectivity index (χ4n) is 4.73. The van der Waals surface area contributed by atoms with Crippen molar-refractivity contribution in [3.63, 3.8) is 0 Å². The molecule has 7 heteroatoms. The van der Waals surface area contributed by atoms with Gasteiger partial charge in [-0.2, -0.15) is 0 Å². The van der Waals surface area contributed by atoms with Gasteiger partial charge in [-0.25, -0.2) is 14.5 Å². The van der Waals surface area contributed by atoms with Crippen LogP contribution in [-0.2, 0) is 20.7 Å². The maximum absolute atomic E-state index is 13.5. The van der Waals surface area contributed by atoms with Crippen molar-refractivity contribution in [1.82, 2.24) is 9.80 Å². The fourth-order valence-corrected chi connectivity index (χ4v) is 4.73. The van der Waals surface area contributed by atoms with Gasteiger partial charge in [-0.1, -0.05) is 43.7 Å². The third-order valence-electron chi connectivity index (χ3n) is 6.38.